The minimum atomic E-state index is -0.342. The molecular weight excluding hydrogens is 270 g/mol. The zero-order valence-electron chi connectivity index (χ0n) is 13.1. The number of aryl methyl sites for hydroxylation is 1. The standard InChI is InChI=1S/C14H25N5O2/c1-10(2)18-14(13(19(20)21)11(3)17-18)16-8-6-12-5-4-7-15-9-12/h10,12,15-16H,4-9H2,1-3H3. The van der Waals surface area contributed by atoms with E-state index >= 15 is 0 Å². The summed E-state index contributed by atoms with van der Waals surface area (Å²) in [4.78, 5) is 10.9. The van der Waals surface area contributed by atoms with E-state index in [0.717, 1.165) is 26.1 Å². The number of nitrogens with zero attached hydrogens (tertiary/aromatic N) is 3. The van der Waals surface area contributed by atoms with E-state index in [9.17, 15) is 10.1 Å². The van der Waals surface area contributed by atoms with E-state index in [1.54, 1.807) is 11.6 Å². The van der Waals surface area contributed by atoms with Gasteiger partial charge < -0.3 is 10.6 Å². The average molecular weight is 295 g/mol. The molecule has 2 rings (SSSR count). The first-order valence-electron chi connectivity index (χ1n) is 7.68. The molecule has 1 aromatic rings. The maximum absolute atomic E-state index is 11.2. The number of anilines is 1. The molecule has 1 saturated heterocycles. The molecule has 0 aromatic carbocycles. The first-order valence-corrected chi connectivity index (χ1v) is 7.68. The number of hydrogen-bond donors (Lipinski definition) is 2. The molecule has 1 aromatic heterocycles. The van der Waals surface area contributed by atoms with E-state index in [1.807, 2.05) is 13.8 Å². The van der Waals surface area contributed by atoms with E-state index in [1.165, 1.54) is 12.8 Å². The fourth-order valence-electron chi connectivity index (χ4n) is 2.86. The third-order valence-corrected chi connectivity index (χ3v) is 3.97. The first kappa shape index (κ1) is 15.8. The third-order valence-electron chi connectivity index (χ3n) is 3.97. The molecule has 21 heavy (non-hydrogen) atoms. The maximum Gasteiger partial charge on any atom is 0.333 e. The molecule has 0 spiro atoms. The molecule has 0 aliphatic carbocycles. The molecule has 0 saturated carbocycles. The Kier molecular flexibility index (Phi) is 5.17. The highest BCUT2D eigenvalue weighted by Crippen LogP contribution is 2.30. The number of aromatic nitrogens is 2. The van der Waals surface area contributed by atoms with Gasteiger partial charge in [-0.15, -0.1) is 0 Å². The van der Waals surface area contributed by atoms with Crippen LogP contribution in [0.2, 0.25) is 0 Å². The Bertz CT molecular complexity index is 492. The molecule has 1 atom stereocenters. The van der Waals surface area contributed by atoms with Gasteiger partial charge >= 0.3 is 5.69 Å². The summed E-state index contributed by atoms with van der Waals surface area (Å²) in [6.07, 6.45) is 3.47. The van der Waals surface area contributed by atoms with Gasteiger partial charge in [-0.25, -0.2) is 4.68 Å². The van der Waals surface area contributed by atoms with Gasteiger partial charge in [0.1, 0.15) is 5.69 Å². The summed E-state index contributed by atoms with van der Waals surface area (Å²) in [5, 5.41) is 22.2. The van der Waals surface area contributed by atoms with E-state index in [-0.39, 0.29) is 16.7 Å². The Morgan fingerprint density at radius 2 is 2.33 bits per heavy atom. The molecule has 0 radical (unpaired) electrons. The maximum atomic E-state index is 11.2. The van der Waals surface area contributed by atoms with Gasteiger partial charge in [0.25, 0.3) is 0 Å². The number of piperidine rings is 1. The van der Waals surface area contributed by atoms with E-state index < -0.39 is 0 Å². The molecule has 1 aliphatic rings. The largest absolute Gasteiger partial charge is 0.365 e. The normalized spacial score (nSPS) is 19.0. The Morgan fingerprint density at radius 1 is 1.57 bits per heavy atom. The monoisotopic (exact) mass is 295 g/mol. The number of nitrogens with one attached hydrogen (secondary N) is 2. The van der Waals surface area contributed by atoms with Crippen LogP contribution in [-0.2, 0) is 0 Å². The van der Waals surface area contributed by atoms with Crippen molar-refractivity contribution in [3.05, 3.63) is 15.8 Å². The zero-order valence-corrected chi connectivity index (χ0v) is 13.1. The Hall–Kier alpha value is -1.63. The van der Waals surface area contributed by atoms with Gasteiger partial charge in [0, 0.05) is 12.6 Å². The summed E-state index contributed by atoms with van der Waals surface area (Å²) in [6, 6.07) is 0.0937. The Balaban J connectivity index is 2.05. The van der Waals surface area contributed by atoms with Crippen LogP contribution < -0.4 is 10.6 Å². The van der Waals surface area contributed by atoms with Crippen LogP contribution in [0.25, 0.3) is 0 Å². The molecule has 0 amide bonds. The molecule has 2 N–H and O–H groups in total. The van der Waals surface area contributed by atoms with Crippen molar-refractivity contribution in [3.8, 4) is 0 Å². The highest BCUT2D eigenvalue weighted by Gasteiger charge is 2.26. The molecule has 0 bridgehead atoms. The third kappa shape index (κ3) is 3.72. The molecule has 7 heteroatoms. The molecular formula is C14H25N5O2. The highest BCUT2D eigenvalue weighted by atomic mass is 16.6. The number of nitro groups is 1. The van der Waals surface area contributed by atoms with Crippen LogP contribution in [0.5, 0.6) is 0 Å². The second-order valence-corrected chi connectivity index (χ2v) is 6.01. The molecule has 7 nitrogen and oxygen atoms in total. The van der Waals surface area contributed by atoms with Crippen LogP contribution in [0.4, 0.5) is 11.5 Å². The van der Waals surface area contributed by atoms with Gasteiger partial charge in [-0.1, -0.05) is 0 Å². The van der Waals surface area contributed by atoms with Crippen LogP contribution in [0.3, 0.4) is 0 Å². The van der Waals surface area contributed by atoms with Gasteiger partial charge in [-0.2, -0.15) is 5.10 Å². The predicted octanol–water partition coefficient (Wildman–Crippen LogP) is 2.48. The van der Waals surface area contributed by atoms with Crippen molar-refractivity contribution >= 4 is 11.5 Å². The quantitative estimate of drug-likeness (QED) is 0.622. The molecule has 1 unspecified atom stereocenters. The van der Waals surface area contributed by atoms with Gasteiger partial charge in [0.05, 0.1) is 4.92 Å². The number of hydrogen-bond acceptors (Lipinski definition) is 5. The minimum Gasteiger partial charge on any atom is -0.365 e. The summed E-state index contributed by atoms with van der Waals surface area (Å²) in [5.41, 5.74) is 0.570. The van der Waals surface area contributed by atoms with E-state index in [0.29, 0.717) is 17.4 Å². The molecule has 1 aliphatic heterocycles. The Labute approximate surface area is 125 Å². The van der Waals surface area contributed by atoms with Crippen LogP contribution >= 0.6 is 0 Å². The molecule has 1 fully saturated rings. The lowest BCUT2D eigenvalue weighted by atomic mass is 9.96. The van der Waals surface area contributed by atoms with Gasteiger partial charge in [-0.05, 0) is 59.0 Å². The van der Waals surface area contributed by atoms with Gasteiger partial charge in [0.2, 0.25) is 5.82 Å². The SMILES string of the molecule is Cc1nn(C(C)C)c(NCCC2CCCNC2)c1[N+](=O)[O-]. The molecule has 118 valence electrons. The molecule has 2 heterocycles. The highest BCUT2D eigenvalue weighted by molar-refractivity contribution is 5.59. The fourth-order valence-corrected chi connectivity index (χ4v) is 2.86. The second-order valence-electron chi connectivity index (χ2n) is 6.01. The lowest BCUT2D eigenvalue weighted by Crippen LogP contribution is -2.30. The second kappa shape index (κ2) is 6.89. The van der Waals surface area contributed by atoms with Crippen molar-refractivity contribution in [1.82, 2.24) is 15.1 Å². The van der Waals surface area contributed by atoms with Crippen molar-refractivity contribution < 1.29 is 4.92 Å². The predicted molar refractivity (Wildman–Crippen MR) is 82.7 cm³/mol. The van der Waals surface area contributed by atoms with Crippen molar-refractivity contribution in [2.24, 2.45) is 5.92 Å². The zero-order chi connectivity index (χ0) is 15.4. The van der Waals surface area contributed by atoms with Gasteiger partial charge in [-0.3, -0.25) is 10.1 Å². The van der Waals surface area contributed by atoms with Crippen LogP contribution in [0.15, 0.2) is 0 Å². The topological polar surface area (TPSA) is 85.0 Å². The summed E-state index contributed by atoms with van der Waals surface area (Å²) in [5.74, 6) is 1.19. The van der Waals surface area contributed by atoms with E-state index in [2.05, 4.69) is 15.7 Å². The smallest absolute Gasteiger partial charge is 0.333 e. The lowest BCUT2D eigenvalue weighted by molar-refractivity contribution is -0.384. The summed E-state index contributed by atoms with van der Waals surface area (Å²) in [6.45, 7) is 8.54. The van der Waals surface area contributed by atoms with Crippen molar-refractivity contribution in [2.75, 3.05) is 25.0 Å². The van der Waals surface area contributed by atoms with Crippen LogP contribution in [-0.4, -0.2) is 34.3 Å². The van der Waals surface area contributed by atoms with Crippen molar-refractivity contribution in [3.63, 3.8) is 0 Å². The fraction of sp³-hybridized carbons (Fsp3) is 0.786. The Morgan fingerprint density at radius 3 is 2.90 bits per heavy atom. The summed E-state index contributed by atoms with van der Waals surface area (Å²) in [7, 11) is 0. The van der Waals surface area contributed by atoms with Gasteiger partial charge in [0.15, 0.2) is 0 Å². The van der Waals surface area contributed by atoms with Crippen molar-refractivity contribution in [2.45, 2.75) is 46.1 Å². The van der Waals surface area contributed by atoms with Crippen molar-refractivity contribution in [1.29, 1.82) is 0 Å². The lowest BCUT2D eigenvalue weighted by Gasteiger charge is -2.23. The minimum absolute atomic E-state index is 0.0937. The van der Waals surface area contributed by atoms with Crippen LogP contribution in [0.1, 0.15) is 44.8 Å². The number of rotatable bonds is 6. The average Bonchev–Trinajstić information content (AvgIpc) is 2.77. The van der Waals surface area contributed by atoms with E-state index in [4.69, 9.17) is 0 Å². The summed E-state index contributed by atoms with van der Waals surface area (Å²) >= 11 is 0. The summed E-state index contributed by atoms with van der Waals surface area (Å²) < 4.78 is 1.71. The first-order chi connectivity index (χ1) is 10.0. The van der Waals surface area contributed by atoms with Crippen LogP contribution in [0, 0.1) is 23.0 Å².